The van der Waals surface area contributed by atoms with Crippen LogP contribution in [-0.4, -0.2) is 19.1 Å². The first kappa shape index (κ1) is 9.52. The van der Waals surface area contributed by atoms with E-state index in [4.69, 9.17) is 0 Å². The van der Waals surface area contributed by atoms with Crippen molar-refractivity contribution in [1.82, 2.24) is 10.6 Å². The van der Waals surface area contributed by atoms with Crippen LogP contribution < -0.4 is 10.6 Å². The van der Waals surface area contributed by atoms with Crippen LogP contribution in [0.3, 0.4) is 0 Å². The van der Waals surface area contributed by atoms with E-state index in [0.717, 1.165) is 4.47 Å². The number of urea groups is 1. The van der Waals surface area contributed by atoms with Gasteiger partial charge >= 0.3 is 6.03 Å². The van der Waals surface area contributed by atoms with Crippen molar-refractivity contribution < 1.29 is 4.79 Å². The molecule has 2 amide bonds. The minimum Gasteiger partial charge on any atom is -0.337 e. The molecule has 0 unspecified atom stereocenters. The zero-order chi connectivity index (χ0) is 9.97. The molecule has 74 valence electrons. The quantitative estimate of drug-likeness (QED) is 0.789. The van der Waals surface area contributed by atoms with E-state index in [0.29, 0.717) is 19.0 Å². The van der Waals surface area contributed by atoms with E-state index in [2.05, 4.69) is 32.6 Å². The molecule has 0 radical (unpaired) electrons. The SMILES string of the molecule is O=C1NCC(c2ccccc2Br)CN1. The summed E-state index contributed by atoms with van der Waals surface area (Å²) in [4.78, 5) is 10.9. The van der Waals surface area contributed by atoms with Crippen LogP contribution in [0.15, 0.2) is 28.7 Å². The summed E-state index contributed by atoms with van der Waals surface area (Å²) in [6.07, 6.45) is 0. The molecular formula is C10H11BrN2O. The second-order valence-electron chi connectivity index (χ2n) is 3.31. The summed E-state index contributed by atoms with van der Waals surface area (Å²) < 4.78 is 1.10. The van der Waals surface area contributed by atoms with Gasteiger partial charge in [0.05, 0.1) is 0 Å². The Kier molecular flexibility index (Phi) is 2.72. The fraction of sp³-hybridized carbons (Fsp3) is 0.300. The van der Waals surface area contributed by atoms with Gasteiger partial charge in [-0.05, 0) is 11.6 Å². The van der Waals surface area contributed by atoms with Gasteiger partial charge in [0.1, 0.15) is 0 Å². The highest BCUT2D eigenvalue weighted by Gasteiger charge is 2.19. The van der Waals surface area contributed by atoms with Crippen LogP contribution >= 0.6 is 15.9 Å². The second-order valence-corrected chi connectivity index (χ2v) is 4.16. The van der Waals surface area contributed by atoms with E-state index in [1.165, 1.54) is 5.56 Å². The summed E-state index contributed by atoms with van der Waals surface area (Å²) in [6, 6.07) is 8.02. The summed E-state index contributed by atoms with van der Waals surface area (Å²) in [5, 5.41) is 5.57. The lowest BCUT2D eigenvalue weighted by Gasteiger charge is -2.24. The highest BCUT2D eigenvalue weighted by atomic mass is 79.9. The predicted octanol–water partition coefficient (Wildman–Crippen LogP) is 1.85. The molecule has 0 spiro atoms. The summed E-state index contributed by atoms with van der Waals surface area (Å²) in [7, 11) is 0. The fourth-order valence-electron chi connectivity index (χ4n) is 1.59. The molecule has 0 aromatic heterocycles. The van der Waals surface area contributed by atoms with Crippen molar-refractivity contribution >= 4 is 22.0 Å². The standard InChI is InChI=1S/C10H11BrN2O/c11-9-4-2-1-3-8(9)7-5-12-10(14)13-6-7/h1-4,7H,5-6H2,(H2,12,13,14). The number of nitrogens with one attached hydrogen (secondary N) is 2. The minimum atomic E-state index is -0.0756. The molecule has 0 aliphatic carbocycles. The number of carbonyl (C=O) groups excluding carboxylic acids is 1. The topological polar surface area (TPSA) is 41.1 Å². The number of hydrogen-bond acceptors (Lipinski definition) is 1. The third-order valence-corrected chi connectivity index (χ3v) is 3.09. The van der Waals surface area contributed by atoms with Gasteiger partial charge in [-0.25, -0.2) is 4.79 Å². The molecular weight excluding hydrogens is 244 g/mol. The molecule has 1 saturated heterocycles. The van der Waals surface area contributed by atoms with Crippen molar-refractivity contribution in [2.24, 2.45) is 0 Å². The van der Waals surface area contributed by atoms with Crippen LogP contribution in [0.25, 0.3) is 0 Å². The first-order valence-electron chi connectivity index (χ1n) is 4.53. The van der Waals surface area contributed by atoms with Crippen molar-refractivity contribution in [2.45, 2.75) is 5.92 Å². The normalized spacial score (nSPS) is 17.4. The lowest BCUT2D eigenvalue weighted by molar-refractivity contribution is 0.234. The van der Waals surface area contributed by atoms with Gasteiger partial charge in [-0.1, -0.05) is 34.1 Å². The van der Waals surface area contributed by atoms with Crippen LogP contribution in [0.4, 0.5) is 4.79 Å². The lowest BCUT2D eigenvalue weighted by atomic mass is 9.98. The van der Waals surface area contributed by atoms with Crippen LogP contribution in [0.2, 0.25) is 0 Å². The van der Waals surface area contributed by atoms with Crippen molar-refractivity contribution in [1.29, 1.82) is 0 Å². The first-order valence-corrected chi connectivity index (χ1v) is 5.33. The third kappa shape index (κ3) is 1.90. The largest absolute Gasteiger partial charge is 0.337 e. The predicted molar refractivity (Wildman–Crippen MR) is 58.3 cm³/mol. The van der Waals surface area contributed by atoms with E-state index in [9.17, 15) is 4.79 Å². The van der Waals surface area contributed by atoms with Gasteiger partial charge in [0.15, 0.2) is 0 Å². The van der Waals surface area contributed by atoms with Crippen LogP contribution in [0, 0.1) is 0 Å². The second kappa shape index (κ2) is 4.00. The Balaban J connectivity index is 2.16. The van der Waals surface area contributed by atoms with E-state index >= 15 is 0 Å². The number of amides is 2. The first-order chi connectivity index (χ1) is 6.77. The molecule has 1 aliphatic rings. The Morgan fingerprint density at radius 2 is 1.86 bits per heavy atom. The molecule has 1 aromatic rings. The summed E-state index contributed by atoms with van der Waals surface area (Å²) in [5.41, 5.74) is 1.24. The Morgan fingerprint density at radius 1 is 1.21 bits per heavy atom. The van der Waals surface area contributed by atoms with Gasteiger partial charge in [-0.15, -0.1) is 0 Å². The van der Waals surface area contributed by atoms with Gasteiger partial charge in [0.25, 0.3) is 0 Å². The number of halogens is 1. The van der Waals surface area contributed by atoms with Crippen molar-refractivity contribution in [3.8, 4) is 0 Å². The number of rotatable bonds is 1. The third-order valence-electron chi connectivity index (χ3n) is 2.36. The van der Waals surface area contributed by atoms with Gasteiger partial charge in [-0.3, -0.25) is 0 Å². The van der Waals surface area contributed by atoms with E-state index in [-0.39, 0.29) is 6.03 Å². The Hall–Kier alpha value is -1.03. The van der Waals surface area contributed by atoms with Crippen molar-refractivity contribution in [3.05, 3.63) is 34.3 Å². The molecule has 2 rings (SSSR count). The number of carbonyl (C=O) groups is 1. The van der Waals surface area contributed by atoms with Crippen LogP contribution in [0.5, 0.6) is 0 Å². The molecule has 0 atom stereocenters. The van der Waals surface area contributed by atoms with Crippen LogP contribution in [0.1, 0.15) is 11.5 Å². The summed E-state index contributed by atoms with van der Waals surface area (Å²) >= 11 is 3.51. The van der Waals surface area contributed by atoms with Crippen molar-refractivity contribution in [2.75, 3.05) is 13.1 Å². The molecule has 0 bridgehead atoms. The highest BCUT2D eigenvalue weighted by molar-refractivity contribution is 9.10. The molecule has 14 heavy (non-hydrogen) atoms. The summed E-state index contributed by atoms with van der Waals surface area (Å²) in [6.45, 7) is 1.41. The Morgan fingerprint density at radius 3 is 2.50 bits per heavy atom. The highest BCUT2D eigenvalue weighted by Crippen LogP contribution is 2.24. The maximum atomic E-state index is 10.9. The maximum Gasteiger partial charge on any atom is 0.314 e. The molecule has 0 saturated carbocycles. The van der Waals surface area contributed by atoms with Gasteiger partial charge in [-0.2, -0.15) is 0 Å². The molecule has 1 heterocycles. The summed E-state index contributed by atoms with van der Waals surface area (Å²) in [5.74, 6) is 0.350. The monoisotopic (exact) mass is 254 g/mol. The van der Waals surface area contributed by atoms with E-state index in [1.807, 2.05) is 18.2 Å². The zero-order valence-electron chi connectivity index (χ0n) is 7.59. The Labute approximate surface area is 91.0 Å². The van der Waals surface area contributed by atoms with Crippen LogP contribution in [-0.2, 0) is 0 Å². The average Bonchev–Trinajstić information content (AvgIpc) is 2.20. The van der Waals surface area contributed by atoms with Gasteiger partial charge < -0.3 is 10.6 Å². The molecule has 4 heteroatoms. The van der Waals surface area contributed by atoms with E-state index < -0.39 is 0 Å². The molecule has 1 aromatic carbocycles. The molecule has 3 nitrogen and oxygen atoms in total. The van der Waals surface area contributed by atoms with Gasteiger partial charge in [0, 0.05) is 23.5 Å². The van der Waals surface area contributed by atoms with Crippen molar-refractivity contribution in [3.63, 3.8) is 0 Å². The van der Waals surface area contributed by atoms with E-state index in [1.54, 1.807) is 0 Å². The van der Waals surface area contributed by atoms with Gasteiger partial charge in [0.2, 0.25) is 0 Å². The molecule has 2 N–H and O–H groups in total. The lowest BCUT2D eigenvalue weighted by Crippen LogP contribution is -2.47. The number of hydrogen-bond donors (Lipinski definition) is 2. The molecule has 1 aliphatic heterocycles. The smallest absolute Gasteiger partial charge is 0.314 e. The number of benzene rings is 1. The minimum absolute atomic E-state index is 0.0756. The average molecular weight is 255 g/mol. The molecule has 1 fully saturated rings. The zero-order valence-corrected chi connectivity index (χ0v) is 9.17. The Bertz CT molecular complexity index is 344. The fourth-order valence-corrected chi connectivity index (χ4v) is 2.20. The maximum absolute atomic E-state index is 10.9.